The molecule has 0 unspecified atom stereocenters. The predicted octanol–water partition coefficient (Wildman–Crippen LogP) is 3.14. The van der Waals surface area contributed by atoms with Gasteiger partial charge >= 0.3 is 0 Å². The van der Waals surface area contributed by atoms with E-state index in [1.54, 1.807) is 12.1 Å². The quantitative estimate of drug-likeness (QED) is 0.701. The Labute approximate surface area is 150 Å². The summed E-state index contributed by atoms with van der Waals surface area (Å²) in [6.07, 6.45) is 1.78. The van der Waals surface area contributed by atoms with E-state index in [0.29, 0.717) is 0 Å². The zero-order valence-electron chi connectivity index (χ0n) is 13.2. The van der Waals surface area contributed by atoms with Crippen molar-refractivity contribution in [2.24, 2.45) is 5.14 Å². The molecule has 5 nitrogen and oxygen atoms in total. The second-order valence-electron chi connectivity index (χ2n) is 5.88. The highest BCUT2D eigenvalue weighted by atomic mass is 35.5. The molecule has 0 fully saturated rings. The molecule has 0 amide bonds. The highest BCUT2D eigenvalue weighted by Gasteiger charge is 2.24. The van der Waals surface area contributed by atoms with Gasteiger partial charge < -0.3 is 0 Å². The van der Waals surface area contributed by atoms with Crippen LogP contribution in [-0.4, -0.2) is 17.8 Å². The number of sulfonamides is 1. The summed E-state index contributed by atoms with van der Waals surface area (Å²) in [4.78, 5) is 5.81. The minimum atomic E-state index is -3.72. The van der Waals surface area contributed by atoms with E-state index in [9.17, 15) is 8.42 Å². The van der Waals surface area contributed by atoms with Crippen molar-refractivity contribution in [1.29, 1.82) is 0 Å². The van der Waals surface area contributed by atoms with Crippen molar-refractivity contribution in [2.75, 3.05) is 0 Å². The molecular formula is C16H16ClN3O2S2. The maximum absolute atomic E-state index is 11.7. The van der Waals surface area contributed by atoms with E-state index in [4.69, 9.17) is 10.1 Å². The van der Waals surface area contributed by atoms with Gasteiger partial charge in [0, 0.05) is 10.9 Å². The summed E-state index contributed by atoms with van der Waals surface area (Å²) < 4.78 is 27.7. The number of hydrogen-bond donors (Lipinski definition) is 1. The van der Waals surface area contributed by atoms with Crippen molar-refractivity contribution in [1.82, 2.24) is 9.36 Å². The zero-order valence-corrected chi connectivity index (χ0v) is 15.6. The first-order valence-electron chi connectivity index (χ1n) is 7.28. The summed E-state index contributed by atoms with van der Waals surface area (Å²) in [5.41, 5.74) is 6.22. The SMILES string of the molecule is Cc1nsc2nc3c(c(C)c12)CCc1ccc(S(N)(=O)=O)cc1-3.Cl. The Morgan fingerprint density at radius 2 is 1.96 bits per heavy atom. The van der Waals surface area contributed by atoms with Gasteiger partial charge in [-0.15, -0.1) is 12.4 Å². The summed E-state index contributed by atoms with van der Waals surface area (Å²) in [5.74, 6) is 0. The third-order valence-electron chi connectivity index (χ3n) is 4.48. The van der Waals surface area contributed by atoms with Crippen LogP contribution in [0.25, 0.3) is 21.5 Å². The number of halogens is 1. The Balaban J connectivity index is 0.00000169. The molecule has 0 aliphatic heterocycles. The molecule has 0 atom stereocenters. The van der Waals surface area contributed by atoms with E-state index < -0.39 is 10.0 Å². The van der Waals surface area contributed by atoms with Gasteiger partial charge in [0.1, 0.15) is 4.83 Å². The minimum Gasteiger partial charge on any atom is -0.235 e. The van der Waals surface area contributed by atoms with E-state index in [2.05, 4.69) is 11.3 Å². The van der Waals surface area contributed by atoms with Gasteiger partial charge in [-0.3, -0.25) is 0 Å². The summed E-state index contributed by atoms with van der Waals surface area (Å²) in [6, 6.07) is 5.06. The fourth-order valence-electron chi connectivity index (χ4n) is 3.32. The number of fused-ring (bicyclic) bond motifs is 4. The maximum Gasteiger partial charge on any atom is 0.238 e. The highest BCUT2D eigenvalue weighted by molar-refractivity contribution is 7.89. The van der Waals surface area contributed by atoms with Crippen LogP contribution in [0.3, 0.4) is 0 Å². The summed E-state index contributed by atoms with van der Waals surface area (Å²) >= 11 is 1.38. The normalized spacial score (nSPS) is 13.3. The van der Waals surface area contributed by atoms with Gasteiger partial charge in [0.05, 0.1) is 16.3 Å². The van der Waals surface area contributed by atoms with Gasteiger partial charge in [0.2, 0.25) is 10.0 Å². The number of primary sulfonamides is 1. The molecule has 4 rings (SSSR count). The molecule has 2 heterocycles. The Kier molecular flexibility index (Phi) is 4.16. The summed E-state index contributed by atoms with van der Waals surface area (Å²) in [7, 11) is -3.72. The number of rotatable bonds is 1. The van der Waals surface area contributed by atoms with Crippen LogP contribution in [0.2, 0.25) is 0 Å². The van der Waals surface area contributed by atoms with Gasteiger partial charge in [0.15, 0.2) is 0 Å². The van der Waals surface area contributed by atoms with E-state index >= 15 is 0 Å². The van der Waals surface area contributed by atoms with Gasteiger partial charge in [-0.2, -0.15) is 4.37 Å². The van der Waals surface area contributed by atoms with Crippen LogP contribution in [-0.2, 0) is 22.9 Å². The molecule has 0 saturated carbocycles. The molecular weight excluding hydrogens is 366 g/mol. The molecule has 8 heteroatoms. The number of nitrogens with zero attached hydrogens (tertiary/aromatic N) is 2. The Hall–Kier alpha value is -1.54. The van der Waals surface area contributed by atoms with E-state index in [1.807, 2.05) is 13.0 Å². The first-order valence-corrected chi connectivity index (χ1v) is 9.60. The third kappa shape index (κ3) is 2.52. The topological polar surface area (TPSA) is 85.9 Å². The van der Waals surface area contributed by atoms with Crippen LogP contribution < -0.4 is 5.14 Å². The average molecular weight is 382 g/mol. The minimum absolute atomic E-state index is 0. The smallest absolute Gasteiger partial charge is 0.235 e. The molecule has 0 radical (unpaired) electrons. The van der Waals surface area contributed by atoms with Crippen molar-refractivity contribution < 1.29 is 8.42 Å². The standard InChI is InChI=1S/C16H15N3O2S2.ClH/c1-8-12-6-4-10-3-5-11(23(17,20)21)7-13(10)15(12)18-16-14(8)9(2)19-22-16;/h3,5,7H,4,6H2,1-2H3,(H2,17,20,21);1H. The summed E-state index contributed by atoms with van der Waals surface area (Å²) in [5, 5.41) is 6.40. The van der Waals surface area contributed by atoms with Crippen molar-refractivity contribution >= 4 is 44.2 Å². The van der Waals surface area contributed by atoms with Crippen LogP contribution in [0.1, 0.15) is 22.4 Å². The van der Waals surface area contributed by atoms with Crippen LogP contribution in [0.5, 0.6) is 0 Å². The van der Waals surface area contributed by atoms with Gasteiger partial charge in [-0.25, -0.2) is 18.5 Å². The number of benzene rings is 1. The van der Waals surface area contributed by atoms with Crippen LogP contribution >= 0.6 is 23.9 Å². The number of nitrogens with two attached hydrogens (primary N) is 1. The predicted molar refractivity (Wildman–Crippen MR) is 98.4 cm³/mol. The van der Waals surface area contributed by atoms with Gasteiger partial charge in [-0.1, -0.05) is 6.07 Å². The van der Waals surface area contributed by atoms with Gasteiger partial charge in [-0.05, 0) is 67.0 Å². The molecule has 0 spiro atoms. The monoisotopic (exact) mass is 381 g/mol. The first-order chi connectivity index (χ1) is 10.9. The van der Waals surface area contributed by atoms with E-state index in [1.165, 1.54) is 22.7 Å². The van der Waals surface area contributed by atoms with Crippen molar-refractivity contribution in [3.63, 3.8) is 0 Å². The lowest BCUT2D eigenvalue weighted by Crippen LogP contribution is -2.14. The van der Waals surface area contributed by atoms with Crippen molar-refractivity contribution in [3.8, 4) is 11.3 Å². The maximum atomic E-state index is 11.7. The van der Waals surface area contributed by atoms with Crippen molar-refractivity contribution in [2.45, 2.75) is 31.6 Å². The summed E-state index contributed by atoms with van der Waals surface area (Å²) in [6.45, 7) is 4.09. The number of hydrogen-bond acceptors (Lipinski definition) is 5. The zero-order chi connectivity index (χ0) is 16.4. The van der Waals surface area contributed by atoms with E-state index in [-0.39, 0.29) is 17.3 Å². The molecule has 0 saturated heterocycles. The largest absolute Gasteiger partial charge is 0.238 e. The average Bonchev–Trinajstić information content (AvgIpc) is 2.87. The van der Waals surface area contributed by atoms with E-state index in [0.717, 1.165) is 45.6 Å². The fraction of sp³-hybridized carbons (Fsp3) is 0.250. The molecule has 3 aromatic rings. The number of pyridine rings is 1. The molecule has 0 bridgehead atoms. The lowest BCUT2D eigenvalue weighted by Gasteiger charge is -2.21. The Morgan fingerprint density at radius 3 is 2.67 bits per heavy atom. The van der Waals surface area contributed by atoms with Crippen LogP contribution in [0, 0.1) is 13.8 Å². The second kappa shape index (κ2) is 5.77. The van der Waals surface area contributed by atoms with Crippen LogP contribution in [0.15, 0.2) is 23.1 Å². The van der Waals surface area contributed by atoms with Crippen molar-refractivity contribution in [3.05, 3.63) is 40.6 Å². The lowest BCUT2D eigenvalue weighted by atomic mass is 9.86. The molecule has 1 aliphatic rings. The number of aromatic nitrogens is 2. The highest BCUT2D eigenvalue weighted by Crippen LogP contribution is 2.39. The Morgan fingerprint density at radius 1 is 1.21 bits per heavy atom. The lowest BCUT2D eigenvalue weighted by molar-refractivity contribution is 0.598. The molecule has 126 valence electrons. The number of aryl methyl sites for hydroxylation is 3. The van der Waals surface area contributed by atoms with Gasteiger partial charge in [0.25, 0.3) is 0 Å². The molecule has 1 aliphatic carbocycles. The second-order valence-corrected chi connectivity index (χ2v) is 8.19. The third-order valence-corrected chi connectivity index (χ3v) is 6.23. The van der Waals surface area contributed by atoms with Crippen LogP contribution in [0.4, 0.5) is 0 Å². The fourth-order valence-corrected chi connectivity index (χ4v) is 4.70. The molecule has 1 aromatic carbocycles. The molecule has 2 aromatic heterocycles. The Bertz CT molecular complexity index is 1070. The first kappa shape index (κ1) is 17.3. The molecule has 24 heavy (non-hydrogen) atoms. The molecule has 2 N–H and O–H groups in total.